The van der Waals surface area contributed by atoms with Gasteiger partial charge in [0.2, 0.25) is 0 Å². The highest BCUT2D eigenvalue weighted by atomic mass is 16.5. The van der Waals surface area contributed by atoms with Crippen LogP contribution >= 0.6 is 0 Å². The zero-order valence-electron chi connectivity index (χ0n) is 11.4. The Labute approximate surface area is 119 Å². The van der Waals surface area contributed by atoms with Crippen LogP contribution in [-0.2, 0) is 13.0 Å². The molecule has 1 atom stereocenters. The van der Waals surface area contributed by atoms with Crippen molar-refractivity contribution in [1.29, 1.82) is 0 Å². The molecule has 0 radical (unpaired) electrons. The standard InChI is InChI=1S/C17H19NO2/c19-18-17-8-4-7-14-9-10-15(11-16(14)17)20-12-13-5-2-1-3-6-13/h1-3,5-6,9-11,17-19H,4,7-8,12H2. The summed E-state index contributed by atoms with van der Waals surface area (Å²) >= 11 is 0. The van der Waals surface area contributed by atoms with Gasteiger partial charge >= 0.3 is 0 Å². The molecule has 3 rings (SSSR count). The molecule has 0 saturated carbocycles. The van der Waals surface area contributed by atoms with E-state index in [9.17, 15) is 5.21 Å². The van der Waals surface area contributed by atoms with Crippen LogP contribution in [0.15, 0.2) is 48.5 Å². The van der Waals surface area contributed by atoms with E-state index in [4.69, 9.17) is 4.74 Å². The van der Waals surface area contributed by atoms with Gasteiger partial charge in [-0.3, -0.25) is 0 Å². The lowest BCUT2D eigenvalue weighted by molar-refractivity contribution is 0.117. The second kappa shape index (κ2) is 6.07. The molecule has 3 nitrogen and oxygen atoms in total. The number of fused-ring (bicyclic) bond motifs is 1. The van der Waals surface area contributed by atoms with Gasteiger partial charge in [0.1, 0.15) is 12.4 Å². The minimum absolute atomic E-state index is 0.0269. The van der Waals surface area contributed by atoms with Crippen molar-refractivity contribution in [3.63, 3.8) is 0 Å². The summed E-state index contributed by atoms with van der Waals surface area (Å²) in [6.07, 6.45) is 3.15. The van der Waals surface area contributed by atoms with Crippen LogP contribution in [-0.4, -0.2) is 5.21 Å². The molecule has 0 heterocycles. The lowest BCUT2D eigenvalue weighted by atomic mass is 9.88. The molecule has 0 bridgehead atoms. The number of hydrogen-bond acceptors (Lipinski definition) is 3. The Bertz CT molecular complexity index is 568. The van der Waals surface area contributed by atoms with Gasteiger partial charge in [0.05, 0.1) is 6.04 Å². The third kappa shape index (κ3) is 2.84. The fourth-order valence-corrected chi connectivity index (χ4v) is 2.74. The second-order valence-corrected chi connectivity index (χ2v) is 5.21. The average molecular weight is 269 g/mol. The predicted molar refractivity (Wildman–Crippen MR) is 77.8 cm³/mol. The van der Waals surface area contributed by atoms with Crippen LogP contribution in [0.3, 0.4) is 0 Å². The van der Waals surface area contributed by atoms with E-state index >= 15 is 0 Å². The van der Waals surface area contributed by atoms with E-state index in [2.05, 4.69) is 23.7 Å². The molecule has 0 amide bonds. The van der Waals surface area contributed by atoms with Crippen molar-refractivity contribution in [3.8, 4) is 5.75 Å². The quantitative estimate of drug-likeness (QED) is 0.833. The number of benzene rings is 2. The number of aryl methyl sites for hydroxylation is 1. The molecule has 0 fully saturated rings. The monoisotopic (exact) mass is 269 g/mol. The predicted octanol–water partition coefficient (Wildman–Crippen LogP) is 3.62. The first kappa shape index (κ1) is 13.2. The van der Waals surface area contributed by atoms with E-state index in [-0.39, 0.29) is 6.04 Å². The van der Waals surface area contributed by atoms with E-state index in [1.165, 1.54) is 5.56 Å². The third-order valence-corrected chi connectivity index (χ3v) is 3.84. The summed E-state index contributed by atoms with van der Waals surface area (Å²) in [4.78, 5) is 0. The van der Waals surface area contributed by atoms with Gasteiger partial charge in [-0.15, -0.1) is 0 Å². The molecule has 0 spiro atoms. The van der Waals surface area contributed by atoms with Crippen molar-refractivity contribution in [2.75, 3.05) is 0 Å². The summed E-state index contributed by atoms with van der Waals surface area (Å²) in [5, 5.41) is 9.25. The zero-order chi connectivity index (χ0) is 13.8. The molecule has 2 aromatic carbocycles. The third-order valence-electron chi connectivity index (χ3n) is 3.84. The van der Waals surface area contributed by atoms with Crippen molar-refractivity contribution in [1.82, 2.24) is 5.48 Å². The first-order chi connectivity index (χ1) is 9.86. The fourth-order valence-electron chi connectivity index (χ4n) is 2.74. The van der Waals surface area contributed by atoms with Crippen LogP contribution < -0.4 is 10.2 Å². The maximum absolute atomic E-state index is 9.25. The van der Waals surface area contributed by atoms with Gasteiger partial charge < -0.3 is 9.94 Å². The van der Waals surface area contributed by atoms with Gasteiger partial charge in [-0.2, -0.15) is 5.48 Å². The van der Waals surface area contributed by atoms with Gasteiger partial charge in [0.15, 0.2) is 0 Å². The number of rotatable bonds is 4. The molecule has 3 heteroatoms. The fraction of sp³-hybridized carbons (Fsp3) is 0.294. The smallest absolute Gasteiger partial charge is 0.120 e. The van der Waals surface area contributed by atoms with Crippen LogP contribution in [0.5, 0.6) is 5.75 Å². The summed E-state index contributed by atoms with van der Waals surface area (Å²) < 4.78 is 5.84. The van der Waals surface area contributed by atoms with E-state index < -0.39 is 0 Å². The first-order valence-corrected chi connectivity index (χ1v) is 7.06. The molecule has 104 valence electrons. The van der Waals surface area contributed by atoms with Crippen molar-refractivity contribution in [2.45, 2.75) is 31.9 Å². The molecule has 2 aromatic rings. The maximum atomic E-state index is 9.25. The molecule has 20 heavy (non-hydrogen) atoms. The number of ether oxygens (including phenoxy) is 1. The molecule has 0 saturated heterocycles. The Morgan fingerprint density at radius 3 is 2.80 bits per heavy atom. The Morgan fingerprint density at radius 2 is 2.00 bits per heavy atom. The lowest BCUT2D eigenvalue weighted by Gasteiger charge is -2.24. The van der Waals surface area contributed by atoms with Crippen LogP contribution in [0.4, 0.5) is 0 Å². The molecule has 1 aliphatic rings. The summed E-state index contributed by atoms with van der Waals surface area (Å²) in [5.41, 5.74) is 6.02. The Hall–Kier alpha value is -1.84. The zero-order valence-corrected chi connectivity index (χ0v) is 11.4. The minimum atomic E-state index is 0.0269. The largest absolute Gasteiger partial charge is 0.489 e. The van der Waals surface area contributed by atoms with E-state index in [0.29, 0.717) is 6.61 Å². The van der Waals surface area contributed by atoms with Crippen molar-refractivity contribution >= 4 is 0 Å². The molecule has 0 aromatic heterocycles. The highest BCUT2D eigenvalue weighted by Crippen LogP contribution is 2.32. The average Bonchev–Trinajstić information content (AvgIpc) is 2.53. The van der Waals surface area contributed by atoms with E-state index in [1.807, 2.05) is 30.3 Å². The molecule has 1 aliphatic carbocycles. The number of nitrogens with one attached hydrogen (secondary N) is 1. The Kier molecular flexibility index (Phi) is 4.00. The van der Waals surface area contributed by atoms with Crippen LogP contribution in [0.1, 0.15) is 35.6 Å². The van der Waals surface area contributed by atoms with Crippen LogP contribution in [0.25, 0.3) is 0 Å². The van der Waals surface area contributed by atoms with Gasteiger partial charge in [0, 0.05) is 0 Å². The molecule has 0 aliphatic heterocycles. The highest BCUT2D eigenvalue weighted by molar-refractivity contribution is 5.39. The van der Waals surface area contributed by atoms with Gasteiger partial charge in [0.25, 0.3) is 0 Å². The maximum Gasteiger partial charge on any atom is 0.120 e. The van der Waals surface area contributed by atoms with Gasteiger partial charge in [-0.05, 0) is 48.1 Å². The van der Waals surface area contributed by atoms with Crippen molar-refractivity contribution in [3.05, 3.63) is 65.2 Å². The number of hydroxylamine groups is 1. The normalized spacial score (nSPS) is 17.6. The second-order valence-electron chi connectivity index (χ2n) is 5.21. The van der Waals surface area contributed by atoms with Gasteiger partial charge in [-0.25, -0.2) is 0 Å². The summed E-state index contributed by atoms with van der Waals surface area (Å²) in [6.45, 7) is 0.566. The molecule has 1 unspecified atom stereocenters. The molecular formula is C17H19NO2. The Balaban J connectivity index is 1.75. The van der Waals surface area contributed by atoms with Crippen LogP contribution in [0.2, 0.25) is 0 Å². The summed E-state index contributed by atoms with van der Waals surface area (Å²) in [7, 11) is 0. The van der Waals surface area contributed by atoms with E-state index in [1.54, 1.807) is 0 Å². The topological polar surface area (TPSA) is 41.5 Å². The molecule has 2 N–H and O–H groups in total. The summed E-state index contributed by atoms with van der Waals surface area (Å²) in [5.74, 6) is 0.856. The van der Waals surface area contributed by atoms with Crippen molar-refractivity contribution < 1.29 is 9.94 Å². The van der Waals surface area contributed by atoms with Crippen LogP contribution in [0, 0.1) is 0 Å². The van der Waals surface area contributed by atoms with Gasteiger partial charge in [-0.1, -0.05) is 36.4 Å². The first-order valence-electron chi connectivity index (χ1n) is 7.06. The molecular weight excluding hydrogens is 250 g/mol. The Morgan fingerprint density at radius 1 is 1.15 bits per heavy atom. The number of hydrogen-bond donors (Lipinski definition) is 2. The minimum Gasteiger partial charge on any atom is -0.489 e. The van der Waals surface area contributed by atoms with Crippen molar-refractivity contribution in [2.24, 2.45) is 0 Å². The highest BCUT2D eigenvalue weighted by Gasteiger charge is 2.19. The van der Waals surface area contributed by atoms with E-state index in [0.717, 1.165) is 36.1 Å². The summed E-state index contributed by atoms with van der Waals surface area (Å²) in [6, 6.07) is 16.3. The lowest BCUT2D eigenvalue weighted by Crippen LogP contribution is -2.22. The SMILES string of the molecule is ONC1CCCc2ccc(OCc3ccccc3)cc21.